The second-order valence-corrected chi connectivity index (χ2v) is 14.9. The van der Waals surface area contributed by atoms with Crippen LogP contribution in [0.15, 0.2) is 143 Å². The highest BCUT2D eigenvalue weighted by Crippen LogP contribution is 2.48. The lowest BCUT2D eigenvalue weighted by atomic mass is 9.67. The Kier molecular flexibility index (Phi) is 7.37. The fourth-order valence-corrected chi connectivity index (χ4v) is 8.92. The molecule has 4 aliphatic carbocycles. The van der Waals surface area contributed by atoms with Gasteiger partial charge in [-0.3, -0.25) is 4.90 Å². The van der Waals surface area contributed by atoms with E-state index in [2.05, 4.69) is 160 Å². The molecular formula is C44H47N3. The van der Waals surface area contributed by atoms with Crippen molar-refractivity contribution in [2.75, 3.05) is 7.05 Å². The fraction of sp³-hybridized carbons (Fsp3) is 0.341. The lowest BCUT2D eigenvalue weighted by molar-refractivity contribution is 0.0723. The number of amidine groups is 1. The van der Waals surface area contributed by atoms with E-state index in [1.165, 1.54) is 45.0 Å². The second-order valence-electron chi connectivity index (χ2n) is 14.9. The molecule has 0 amide bonds. The van der Waals surface area contributed by atoms with Crippen molar-refractivity contribution in [3.8, 4) is 11.1 Å². The number of aliphatic imine (C=N–C) groups is 1. The van der Waals surface area contributed by atoms with Crippen molar-refractivity contribution in [1.82, 2.24) is 10.2 Å². The van der Waals surface area contributed by atoms with Gasteiger partial charge in [0.2, 0.25) is 0 Å². The number of nitrogens with zero attached hydrogens (tertiary/aromatic N) is 2. The molecule has 1 heterocycles. The van der Waals surface area contributed by atoms with E-state index >= 15 is 0 Å². The SMILES string of the molecule is CC1CC2=C(CCC=C2)C(C2=NC(C3=C4C=CC=CC4(C)CC=C3)N(C)C(C)(c3ccc(-c4cccc5ccccc45)cc3)N2)C1C. The van der Waals surface area contributed by atoms with Crippen molar-refractivity contribution in [3.05, 3.63) is 143 Å². The molecule has 3 nitrogen and oxygen atoms in total. The van der Waals surface area contributed by atoms with Gasteiger partial charge in [0, 0.05) is 11.3 Å². The first-order valence-corrected chi connectivity index (χ1v) is 17.6. The van der Waals surface area contributed by atoms with Crippen LogP contribution in [0.1, 0.15) is 58.9 Å². The zero-order chi connectivity index (χ0) is 32.3. The lowest BCUT2D eigenvalue weighted by Crippen LogP contribution is -2.63. The molecule has 8 rings (SSSR count). The summed E-state index contributed by atoms with van der Waals surface area (Å²) >= 11 is 0. The van der Waals surface area contributed by atoms with Crippen LogP contribution in [0, 0.1) is 23.2 Å². The van der Waals surface area contributed by atoms with Crippen LogP contribution in [-0.4, -0.2) is 23.9 Å². The molecule has 0 saturated carbocycles. The molecular weight excluding hydrogens is 571 g/mol. The van der Waals surface area contributed by atoms with Crippen LogP contribution < -0.4 is 5.32 Å². The van der Waals surface area contributed by atoms with Crippen molar-refractivity contribution in [1.29, 1.82) is 0 Å². The molecule has 0 aromatic heterocycles. The predicted molar refractivity (Wildman–Crippen MR) is 198 cm³/mol. The lowest BCUT2D eigenvalue weighted by Gasteiger charge is -2.51. The zero-order valence-electron chi connectivity index (χ0n) is 28.5. The summed E-state index contributed by atoms with van der Waals surface area (Å²) < 4.78 is 0. The summed E-state index contributed by atoms with van der Waals surface area (Å²) in [4.78, 5) is 8.21. The topological polar surface area (TPSA) is 27.6 Å². The summed E-state index contributed by atoms with van der Waals surface area (Å²) in [6.07, 6.45) is 22.9. The van der Waals surface area contributed by atoms with Gasteiger partial charge in [-0.1, -0.05) is 142 Å². The zero-order valence-corrected chi connectivity index (χ0v) is 28.5. The first-order valence-electron chi connectivity index (χ1n) is 17.6. The van der Waals surface area contributed by atoms with E-state index in [9.17, 15) is 0 Å². The average molecular weight is 618 g/mol. The van der Waals surface area contributed by atoms with E-state index in [0.29, 0.717) is 11.8 Å². The fourth-order valence-electron chi connectivity index (χ4n) is 8.92. The van der Waals surface area contributed by atoms with E-state index in [1.807, 2.05) is 0 Å². The molecule has 0 bridgehead atoms. The summed E-state index contributed by atoms with van der Waals surface area (Å²) in [5.41, 5.74) is 9.15. The summed E-state index contributed by atoms with van der Waals surface area (Å²) in [6.45, 7) is 9.63. The van der Waals surface area contributed by atoms with E-state index < -0.39 is 5.66 Å². The van der Waals surface area contributed by atoms with Crippen molar-refractivity contribution in [2.24, 2.45) is 28.2 Å². The van der Waals surface area contributed by atoms with Gasteiger partial charge in [-0.05, 0) is 95.7 Å². The minimum atomic E-state index is -0.464. The minimum absolute atomic E-state index is 0.00670. The number of rotatable bonds is 4. The van der Waals surface area contributed by atoms with Crippen LogP contribution in [0.2, 0.25) is 0 Å². The van der Waals surface area contributed by atoms with Crippen molar-refractivity contribution in [2.45, 2.75) is 65.2 Å². The van der Waals surface area contributed by atoms with Gasteiger partial charge in [0.15, 0.2) is 0 Å². The Labute approximate surface area is 280 Å². The molecule has 3 heteroatoms. The molecule has 47 heavy (non-hydrogen) atoms. The van der Waals surface area contributed by atoms with Crippen molar-refractivity contribution < 1.29 is 0 Å². The molecule has 0 fully saturated rings. The predicted octanol–water partition coefficient (Wildman–Crippen LogP) is 10.3. The second kappa shape index (κ2) is 11.5. The smallest absolute Gasteiger partial charge is 0.132 e. The highest BCUT2D eigenvalue weighted by Gasteiger charge is 2.47. The molecule has 1 aliphatic heterocycles. The Morgan fingerprint density at radius 2 is 1.68 bits per heavy atom. The maximum absolute atomic E-state index is 5.73. The Morgan fingerprint density at radius 3 is 2.53 bits per heavy atom. The molecule has 0 radical (unpaired) electrons. The summed E-state index contributed by atoms with van der Waals surface area (Å²) in [7, 11) is 2.26. The highest BCUT2D eigenvalue weighted by atomic mass is 15.4. The van der Waals surface area contributed by atoms with Crippen LogP contribution >= 0.6 is 0 Å². The van der Waals surface area contributed by atoms with E-state index in [4.69, 9.17) is 4.99 Å². The first kappa shape index (κ1) is 30.1. The minimum Gasteiger partial charge on any atom is -0.351 e. The molecule has 1 N–H and O–H groups in total. The maximum Gasteiger partial charge on any atom is 0.132 e. The van der Waals surface area contributed by atoms with E-state index in [0.717, 1.165) is 25.1 Å². The van der Waals surface area contributed by atoms with Crippen LogP contribution in [0.25, 0.3) is 21.9 Å². The number of hydrogen-bond donors (Lipinski definition) is 1. The van der Waals surface area contributed by atoms with Crippen molar-refractivity contribution >= 4 is 16.6 Å². The number of nitrogens with one attached hydrogen (secondary N) is 1. The van der Waals surface area contributed by atoms with Gasteiger partial charge in [0.05, 0.1) is 0 Å². The highest BCUT2D eigenvalue weighted by molar-refractivity contribution is 5.96. The Morgan fingerprint density at radius 1 is 0.872 bits per heavy atom. The normalized spacial score (nSPS) is 31.9. The van der Waals surface area contributed by atoms with Gasteiger partial charge in [-0.25, -0.2) is 4.99 Å². The van der Waals surface area contributed by atoms with Gasteiger partial charge in [0.25, 0.3) is 0 Å². The van der Waals surface area contributed by atoms with Crippen LogP contribution in [0.3, 0.4) is 0 Å². The Balaban J connectivity index is 1.26. The number of benzene rings is 3. The molecule has 5 aliphatic rings. The van der Waals surface area contributed by atoms with Gasteiger partial charge >= 0.3 is 0 Å². The number of fused-ring (bicyclic) bond motifs is 2. The van der Waals surface area contributed by atoms with E-state index in [1.54, 1.807) is 11.1 Å². The molecule has 0 spiro atoms. The summed E-state index contributed by atoms with van der Waals surface area (Å²) in [6, 6.07) is 24.6. The van der Waals surface area contributed by atoms with Crippen molar-refractivity contribution in [3.63, 3.8) is 0 Å². The first-order chi connectivity index (χ1) is 22.8. The number of likely N-dealkylation sites (N-methyl/N-ethyl adjacent to an activating group) is 1. The van der Waals surface area contributed by atoms with Gasteiger partial charge in [-0.2, -0.15) is 0 Å². The molecule has 0 saturated heterocycles. The third-order valence-electron chi connectivity index (χ3n) is 12.1. The molecule has 6 unspecified atom stereocenters. The molecule has 238 valence electrons. The Bertz CT molecular complexity index is 1940. The largest absolute Gasteiger partial charge is 0.351 e. The summed E-state index contributed by atoms with van der Waals surface area (Å²) in [5, 5.41) is 6.69. The van der Waals surface area contributed by atoms with Crippen LogP contribution in [0.5, 0.6) is 0 Å². The third-order valence-corrected chi connectivity index (χ3v) is 12.1. The third kappa shape index (κ3) is 4.93. The van der Waals surface area contributed by atoms with Gasteiger partial charge in [0.1, 0.15) is 17.7 Å². The molecule has 6 atom stereocenters. The Hall–Kier alpha value is -4.21. The van der Waals surface area contributed by atoms with Gasteiger partial charge in [-0.15, -0.1) is 0 Å². The van der Waals surface area contributed by atoms with Crippen LogP contribution in [0.4, 0.5) is 0 Å². The number of allylic oxidation sites excluding steroid dienone is 9. The standard InChI is InChI=1S/C44H47N3/c1-29-28-33-15-7-9-18-37(33)40(30(29)2)41-45-42(38-20-13-27-43(3)26-11-10-21-39(38)43)47(5)44(4,46-41)34-24-22-32(23-25-34)36-19-12-16-31-14-6-8-17-35(31)36/h6-8,10-17,19-26,29-30,40,42H,9,18,27-28H2,1-5H3,(H,45,46). The average Bonchev–Trinajstić information content (AvgIpc) is 3.09. The molecule has 3 aromatic carbocycles. The quantitative estimate of drug-likeness (QED) is 0.315. The molecule has 3 aromatic rings. The maximum atomic E-state index is 5.73. The monoisotopic (exact) mass is 617 g/mol. The van der Waals surface area contributed by atoms with Gasteiger partial charge < -0.3 is 5.32 Å². The number of hydrogen-bond acceptors (Lipinski definition) is 3. The van der Waals surface area contributed by atoms with E-state index in [-0.39, 0.29) is 17.5 Å². The summed E-state index contributed by atoms with van der Waals surface area (Å²) in [5.74, 6) is 2.55. The van der Waals surface area contributed by atoms with Crippen LogP contribution in [-0.2, 0) is 5.66 Å².